The number of hydrogen-bond donors (Lipinski definition) is 2. The molecule has 6 aliphatic rings. The van der Waals surface area contributed by atoms with Gasteiger partial charge in [0.05, 0.1) is 24.6 Å². The zero-order chi connectivity index (χ0) is 34.8. The predicted molar refractivity (Wildman–Crippen MR) is 181 cm³/mol. The third-order valence-electron chi connectivity index (χ3n) is 12.5. The lowest BCUT2D eigenvalue weighted by molar-refractivity contribution is -0.116. The summed E-state index contributed by atoms with van der Waals surface area (Å²) in [4.78, 5) is 57.1. The molecule has 5 heterocycles. The first-order chi connectivity index (χ1) is 24.7. The summed E-state index contributed by atoms with van der Waals surface area (Å²) in [5, 5.41) is 18.2. The minimum atomic E-state index is -0.498. The Morgan fingerprint density at radius 1 is 1.16 bits per heavy atom. The number of aryl methyl sites for hydroxylation is 1. The van der Waals surface area contributed by atoms with Gasteiger partial charge in [-0.05, 0) is 92.9 Å². The molecule has 13 nitrogen and oxygen atoms in total. The lowest BCUT2D eigenvalue weighted by Crippen LogP contribution is -2.64. The molecule has 0 unspecified atom stereocenters. The molecular weight excluding hydrogens is 655 g/mol. The summed E-state index contributed by atoms with van der Waals surface area (Å²) in [5.74, 6) is -0.0722. The molecule has 2 aliphatic heterocycles. The number of carbonyl (C=O) groups excluding carboxylic acids is 2. The van der Waals surface area contributed by atoms with Crippen molar-refractivity contribution in [3.05, 3.63) is 80.8 Å². The van der Waals surface area contributed by atoms with E-state index in [1.54, 1.807) is 13.0 Å². The van der Waals surface area contributed by atoms with Gasteiger partial charge in [0.15, 0.2) is 17.3 Å². The Morgan fingerprint density at radius 2 is 2.02 bits per heavy atom. The fraction of sp³-hybridized carbons (Fsp3) is 0.486. The van der Waals surface area contributed by atoms with Gasteiger partial charge in [-0.2, -0.15) is 9.50 Å². The van der Waals surface area contributed by atoms with Crippen LogP contribution in [0.25, 0.3) is 11.4 Å². The Labute approximate surface area is 291 Å². The van der Waals surface area contributed by atoms with Gasteiger partial charge in [0.25, 0.3) is 11.5 Å². The van der Waals surface area contributed by atoms with Crippen LogP contribution in [0.1, 0.15) is 95.6 Å². The van der Waals surface area contributed by atoms with Gasteiger partial charge in [0.1, 0.15) is 18.7 Å². The van der Waals surface area contributed by atoms with E-state index < -0.39 is 17.1 Å². The molecule has 1 aromatic carbocycles. The van der Waals surface area contributed by atoms with Gasteiger partial charge in [-0.3, -0.25) is 14.4 Å². The van der Waals surface area contributed by atoms with Gasteiger partial charge < -0.3 is 24.6 Å². The number of piperidine rings is 1. The summed E-state index contributed by atoms with van der Waals surface area (Å²) in [5.41, 5.74) is 3.03. The van der Waals surface area contributed by atoms with Gasteiger partial charge in [-0.15, -0.1) is 5.10 Å². The third kappa shape index (κ3) is 4.50. The fourth-order valence-electron chi connectivity index (χ4n) is 9.70. The Bertz CT molecular complexity index is 2280. The minimum Gasteiger partial charge on any atom is -0.504 e. The Balaban J connectivity index is 1.05. The van der Waals surface area contributed by atoms with Gasteiger partial charge in [-0.25, -0.2) is 14.4 Å². The van der Waals surface area contributed by atoms with E-state index in [9.17, 15) is 19.5 Å². The molecule has 3 saturated carbocycles. The standard InChI is InChI=1S/C37H37FN8O5/c1-18-32(48)30(40-17-39-18)35(50)44-11-10-37(23-5-7-27(23)44)24-15-22(24)31-29(37)34(49)46-36(42-33(43-46)20-8-12-51-13-9-20)45(31)16-28(47)41-26-6-4-21(14-25(26)38)19-2-3-19/h4,6,8,14,17,19,22-24,27,48H,2-3,5,7,9-13,15-16H2,1H3,(H,41,47)/t22-,23+,24+,27-,37-/m0/s1. The van der Waals surface area contributed by atoms with Crippen LogP contribution in [-0.4, -0.2) is 76.8 Å². The summed E-state index contributed by atoms with van der Waals surface area (Å²) < 4.78 is 23.8. The summed E-state index contributed by atoms with van der Waals surface area (Å²) in [6.45, 7) is 2.81. The number of halogens is 1. The fourth-order valence-corrected chi connectivity index (χ4v) is 9.70. The van der Waals surface area contributed by atoms with Crippen LogP contribution in [0.15, 0.2) is 35.4 Å². The van der Waals surface area contributed by atoms with Gasteiger partial charge >= 0.3 is 0 Å². The molecule has 2 N–H and O–H groups in total. The zero-order valence-electron chi connectivity index (χ0n) is 28.1. The van der Waals surface area contributed by atoms with Crippen LogP contribution in [0.5, 0.6) is 5.75 Å². The first-order valence-electron chi connectivity index (χ1n) is 18.0. The molecule has 262 valence electrons. The van der Waals surface area contributed by atoms with Crippen molar-refractivity contribution in [2.45, 2.75) is 81.7 Å². The number of carbonyl (C=O) groups is 2. The summed E-state index contributed by atoms with van der Waals surface area (Å²) >= 11 is 0. The van der Waals surface area contributed by atoms with Gasteiger partial charge in [0.2, 0.25) is 11.7 Å². The topological polar surface area (TPSA) is 157 Å². The molecule has 1 spiro atoms. The average molecular weight is 693 g/mol. The minimum absolute atomic E-state index is 0.00789. The molecule has 5 atom stereocenters. The molecule has 14 heteroatoms. The smallest absolute Gasteiger partial charge is 0.279 e. The molecule has 4 fully saturated rings. The van der Waals surface area contributed by atoms with Crippen molar-refractivity contribution in [3.63, 3.8) is 0 Å². The van der Waals surface area contributed by atoms with E-state index in [-0.39, 0.29) is 64.7 Å². The number of anilines is 1. The van der Waals surface area contributed by atoms with Crippen molar-refractivity contribution in [3.8, 4) is 5.75 Å². The SMILES string of the molecule is Cc1ncnc(C(=O)N2CC[C@]3(c4c(n(CC(=O)Nc5ccc(C6CC6)cc5F)c5nc(C6=CCOCC6)nn5c4=O)[C@H]4C[C@H]43)[C@@H]3CC[C@@H]32)c1O. The van der Waals surface area contributed by atoms with E-state index in [4.69, 9.17) is 14.8 Å². The largest absolute Gasteiger partial charge is 0.504 e. The van der Waals surface area contributed by atoms with E-state index in [0.29, 0.717) is 55.6 Å². The number of ether oxygens (including phenoxy) is 1. The van der Waals surface area contributed by atoms with E-state index in [1.807, 2.05) is 21.6 Å². The quantitative estimate of drug-likeness (QED) is 0.307. The second-order valence-corrected chi connectivity index (χ2v) is 15.1. The number of rotatable bonds is 6. The Morgan fingerprint density at radius 3 is 2.76 bits per heavy atom. The molecule has 1 saturated heterocycles. The van der Waals surface area contributed by atoms with Crippen molar-refractivity contribution in [1.29, 1.82) is 0 Å². The molecular formula is C37H37FN8O5. The normalized spacial score (nSPS) is 27.4. The van der Waals surface area contributed by atoms with Gasteiger partial charge in [0, 0.05) is 35.2 Å². The number of amides is 2. The second kappa shape index (κ2) is 11.0. The number of nitrogens with zero attached hydrogens (tertiary/aromatic N) is 7. The maximum Gasteiger partial charge on any atom is 0.279 e. The maximum absolute atomic E-state index is 15.1. The van der Waals surface area contributed by atoms with Crippen molar-refractivity contribution < 1.29 is 23.8 Å². The first kappa shape index (κ1) is 30.8. The summed E-state index contributed by atoms with van der Waals surface area (Å²) in [6.07, 6.45) is 8.97. The van der Waals surface area contributed by atoms with Crippen LogP contribution in [0, 0.1) is 24.6 Å². The molecule has 4 aromatic rings. The average Bonchev–Trinajstić information content (AvgIpc) is 4.04. The van der Waals surface area contributed by atoms with Crippen molar-refractivity contribution in [1.82, 2.24) is 34.0 Å². The molecule has 0 bridgehead atoms. The second-order valence-electron chi connectivity index (χ2n) is 15.1. The lowest BCUT2D eigenvalue weighted by Gasteiger charge is -2.58. The number of hydrogen-bond acceptors (Lipinski definition) is 9. The molecule has 4 aliphatic carbocycles. The summed E-state index contributed by atoms with van der Waals surface area (Å²) in [6, 6.07) is 4.88. The number of benzene rings is 1. The lowest BCUT2D eigenvalue weighted by atomic mass is 9.54. The Kier molecular flexibility index (Phi) is 6.65. The molecule has 0 radical (unpaired) electrons. The predicted octanol–water partition coefficient (Wildman–Crippen LogP) is 3.83. The van der Waals surface area contributed by atoms with Crippen LogP contribution in [-0.2, 0) is 21.5 Å². The van der Waals surface area contributed by atoms with E-state index >= 15 is 4.39 Å². The highest BCUT2D eigenvalue weighted by Gasteiger charge is 2.70. The number of fused-ring (bicyclic) bond motifs is 8. The van der Waals surface area contributed by atoms with Crippen molar-refractivity contribution in [2.75, 3.05) is 25.1 Å². The highest BCUT2D eigenvalue weighted by atomic mass is 19.1. The number of aromatic hydroxyl groups is 1. The molecule has 3 aromatic heterocycles. The number of aromatic nitrogens is 6. The van der Waals surface area contributed by atoms with Gasteiger partial charge in [-0.1, -0.05) is 12.1 Å². The van der Waals surface area contributed by atoms with Crippen molar-refractivity contribution in [2.24, 2.45) is 11.8 Å². The van der Waals surface area contributed by atoms with Crippen LogP contribution in [0.2, 0.25) is 0 Å². The van der Waals surface area contributed by atoms with Crippen molar-refractivity contribution >= 4 is 28.9 Å². The highest BCUT2D eigenvalue weighted by molar-refractivity contribution is 5.95. The highest BCUT2D eigenvalue weighted by Crippen LogP contribution is 2.72. The zero-order valence-corrected chi connectivity index (χ0v) is 28.1. The maximum atomic E-state index is 15.1. The molecule has 51 heavy (non-hydrogen) atoms. The Hall–Kier alpha value is -4.98. The van der Waals surface area contributed by atoms with E-state index in [0.717, 1.165) is 48.9 Å². The van der Waals surface area contributed by atoms with Crippen LogP contribution >= 0.6 is 0 Å². The monoisotopic (exact) mass is 692 g/mol. The van der Waals surface area contributed by atoms with Crippen LogP contribution < -0.4 is 10.9 Å². The first-order valence-corrected chi connectivity index (χ1v) is 18.0. The number of nitrogens with one attached hydrogen (secondary N) is 1. The van der Waals surface area contributed by atoms with Crippen LogP contribution in [0.3, 0.4) is 0 Å². The van der Waals surface area contributed by atoms with E-state index in [1.165, 1.54) is 16.9 Å². The molecule has 2 amide bonds. The third-order valence-corrected chi connectivity index (χ3v) is 12.5. The van der Waals surface area contributed by atoms with E-state index in [2.05, 4.69) is 15.3 Å². The molecule has 10 rings (SSSR count). The number of likely N-dealkylation sites (tertiary alicyclic amines) is 1. The summed E-state index contributed by atoms with van der Waals surface area (Å²) in [7, 11) is 0. The van der Waals surface area contributed by atoms with Crippen LogP contribution in [0.4, 0.5) is 10.1 Å².